The maximum Gasteiger partial charge on any atom is 0.244 e. The smallest absolute Gasteiger partial charge is 0.244 e. The van der Waals surface area contributed by atoms with Gasteiger partial charge in [0.25, 0.3) is 0 Å². The zero-order valence-electron chi connectivity index (χ0n) is 12.6. The van der Waals surface area contributed by atoms with Gasteiger partial charge in [0, 0.05) is 13.0 Å². The van der Waals surface area contributed by atoms with Crippen LogP contribution in [0.1, 0.15) is 24.2 Å². The Kier molecular flexibility index (Phi) is 3.62. The van der Waals surface area contributed by atoms with E-state index < -0.39 is 5.79 Å². The average molecular weight is 294 g/mol. The summed E-state index contributed by atoms with van der Waals surface area (Å²) in [5.41, 5.74) is 8.15. The summed E-state index contributed by atoms with van der Waals surface area (Å²) in [5.74, 6) is -0.555. The highest BCUT2D eigenvalue weighted by Crippen LogP contribution is 2.30. The van der Waals surface area contributed by atoms with Crippen LogP contribution in [0.5, 0.6) is 0 Å². The van der Waals surface area contributed by atoms with Crippen molar-refractivity contribution in [1.29, 1.82) is 0 Å². The topological polar surface area (TPSA) is 82.6 Å². The highest BCUT2D eigenvalue weighted by molar-refractivity contribution is 5.76. The molecule has 0 bridgehead atoms. The van der Waals surface area contributed by atoms with Crippen molar-refractivity contribution in [2.75, 3.05) is 32.0 Å². The van der Waals surface area contributed by atoms with Crippen molar-refractivity contribution < 1.29 is 14.3 Å². The van der Waals surface area contributed by atoms with Crippen LogP contribution in [0.3, 0.4) is 0 Å². The zero-order chi connectivity index (χ0) is 15.0. The summed E-state index contributed by atoms with van der Waals surface area (Å²) in [5, 5.41) is 4.32. The van der Waals surface area contributed by atoms with Crippen LogP contribution in [0.15, 0.2) is 0 Å². The number of rotatable bonds is 2. The lowest BCUT2D eigenvalue weighted by Gasteiger charge is -2.38. The normalized spacial score (nSPS) is 21.1. The van der Waals surface area contributed by atoms with Gasteiger partial charge in [-0.1, -0.05) is 0 Å². The second-order valence-corrected chi connectivity index (χ2v) is 5.77. The van der Waals surface area contributed by atoms with E-state index in [1.807, 2.05) is 18.7 Å². The van der Waals surface area contributed by atoms with Crippen molar-refractivity contribution in [3.63, 3.8) is 0 Å². The number of likely N-dealkylation sites (tertiary alicyclic amines) is 1. The van der Waals surface area contributed by atoms with Crippen LogP contribution in [0, 0.1) is 13.8 Å². The van der Waals surface area contributed by atoms with Crippen LogP contribution in [-0.2, 0) is 20.8 Å². The summed E-state index contributed by atoms with van der Waals surface area (Å²) in [7, 11) is 0. The second kappa shape index (κ2) is 5.31. The number of ether oxygens (including phenoxy) is 2. The van der Waals surface area contributed by atoms with E-state index in [1.54, 1.807) is 4.68 Å². The highest BCUT2D eigenvalue weighted by atomic mass is 16.7. The molecule has 2 aliphatic heterocycles. The Morgan fingerprint density at radius 2 is 2.10 bits per heavy atom. The molecule has 0 aromatic carbocycles. The SMILES string of the molecule is Cc1nn(CC(=O)N2CCCC3(C2)OCCO3)c(C)c1N. The lowest BCUT2D eigenvalue weighted by molar-refractivity contribution is -0.193. The maximum atomic E-state index is 12.5. The molecule has 21 heavy (non-hydrogen) atoms. The third-order valence-electron chi connectivity index (χ3n) is 4.31. The Bertz CT molecular complexity index is 549. The van der Waals surface area contributed by atoms with E-state index in [2.05, 4.69) is 5.10 Å². The fourth-order valence-corrected chi connectivity index (χ4v) is 3.03. The van der Waals surface area contributed by atoms with Gasteiger partial charge in [-0.3, -0.25) is 9.48 Å². The van der Waals surface area contributed by atoms with E-state index in [4.69, 9.17) is 15.2 Å². The van der Waals surface area contributed by atoms with E-state index in [0.717, 1.165) is 30.8 Å². The van der Waals surface area contributed by atoms with E-state index in [9.17, 15) is 4.79 Å². The van der Waals surface area contributed by atoms with E-state index in [0.29, 0.717) is 25.4 Å². The molecule has 7 heteroatoms. The molecule has 3 rings (SSSR count). The van der Waals surface area contributed by atoms with Gasteiger partial charge in [0.05, 0.1) is 36.8 Å². The number of hydrogen-bond acceptors (Lipinski definition) is 5. The predicted octanol–water partition coefficient (Wildman–Crippen LogP) is 0.448. The van der Waals surface area contributed by atoms with Gasteiger partial charge in [0.2, 0.25) is 5.91 Å². The van der Waals surface area contributed by atoms with Crippen molar-refractivity contribution in [3.05, 3.63) is 11.4 Å². The molecule has 1 spiro atoms. The minimum atomic E-state index is -0.581. The molecule has 0 aliphatic carbocycles. The van der Waals surface area contributed by atoms with Crippen LogP contribution in [0.25, 0.3) is 0 Å². The number of anilines is 1. The number of nitrogens with zero attached hydrogens (tertiary/aromatic N) is 3. The first-order valence-corrected chi connectivity index (χ1v) is 7.36. The number of aromatic nitrogens is 2. The summed E-state index contributed by atoms with van der Waals surface area (Å²) in [6.45, 7) is 6.39. The van der Waals surface area contributed by atoms with Gasteiger partial charge in [-0.05, 0) is 20.3 Å². The molecular weight excluding hydrogens is 272 g/mol. The van der Waals surface area contributed by atoms with Gasteiger partial charge in [0.15, 0.2) is 5.79 Å². The predicted molar refractivity (Wildman–Crippen MR) is 76.6 cm³/mol. The summed E-state index contributed by atoms with van der Waals surface area (Å²) >= 11 is 0. The van der Waals surface area contributed by atoms with E-state index >= 15 is 0 Å². The number of hydrogen-bond donors (Lipinski definition) is 1. The number of aryl methyl sites for hydroxylation is 1. The number of nitrogens with two attached hydrogens (primary N) is 1. The van der Waals surface area contributed by atoms with E-state index in [-0.39, 0.29) is 12.5 Å². The number of carbonyl (C=O) groups excluding carboxylic acids is 1. The minimum absolute atomic E-state index is 0.0266. The minimum Gasteiger partial charge on any atom is -0.396 e. The van der Waals surface area contributed by atoms with Crippen LogP contribution >= 0.6 is 0 Å². The third kappa shape index (κ3) is 2.63. The van der Waals surface area contributed by atoms with Crippen LogP contribution in [-0.4, -0.2) is 52.7 Å². The standard InChI is InChI=1S/C14H22N4O3/c1-10-13(15)11(2)18(16-10)8-12(19)17-5-3-4-14(9-17)20-6-7-21-14/h3-9,15H2,1-2H3. The molecule has 1 aromatic heterocycles. The quantitative estimate of drug-likeness (QED) is 0.856. The molecule has 1 amide bonds. The van der Waals surface area contributed by atoms with Gasteiger partial charge < -0.3 is 20.1 Å². The number of piperidine rings is 1. The summed E-state index contributed by atoms with van der Waals surface area (Å²) < 4.78 is 13.1. The van der Waals surface area contributed by atoms with Crippen LogP contribution < -0.4 is 5.73 Å². The first kappa shape index (κ1) is 14.3. The van der Waals surface area contributed by atoms with E-state index in [1.165, 1.54) is 0 Å². The molecule has 0 atom stereocenters. The first-order valence-electron chi connectivity index (χ1n) is 7.36. The molecule has 0 unspecified atom stereocenters. The molecule has 2 N–H and O–H groups in total. The van der Waals surface area contributed by atoms with Crippen molar-refractivity contribution >= 4 is 11.6 Å². The number of nitrogen functional groups attached to an aromatic ring is 1. The molecule has 1 aromatic rings. The molecule has 0 radical (unpaired) electrons. The molecule has 0 saturated carbocycles. The van der Waals surface area contributed by atoms with Gasteiger partial charge in [-0.25, -0.2) is 0 Å². The average Bonchev–Trinajstić information content (AvgIpc) is 3.00. The lowest BCUT2D eigenvalue weighted by Crippen LogP contribution is -2.51. The fourth-order valence-electron chi connectivity index (χ4n) is 3.03. The van der Waals surface area contributed by atoms with Gasteiger partial charge in [-0.15, -0.1) is 0 Å². The second-order valence-electron chi connectivity index (χ2n) is 5.77. The van der Waals surface area contributed by atoms with Crippen molar-refractivity contribution in [2.45, 2.75) is 39.0 Å². The molecule has 116 valence electrons. The molecule has 2 fully saturated rings. The Balaban J connectivity index is 1.68. The third-order valence-corrected chi connectivity index (χ3v) is 4.31. The lowest BCUT2D eigenvalue weighted by atomic mass is 10.0. The zero-order valence-corrected chi connectivity index (χ0v) is 12.6. The van der Waals surface area contributed by atoms with Crippen molar-refractivity contribution in [2.24, 2.45) is 0 Å². The number of carbonyl (C=O) groups is 1. The Morgan fingerprint density at radius 3 is 2.71 bits per heavy atom. The maximum absolute atomic E-state index is 12.5. The summed E-state index contributed by atoms with van der Waals surface area (Å²) in [6, 6.07) is 0. The largest absolute Gasteiger partial charge is 0.396 e. The first-order chi connectivity index (χ1) is 10.0. The van der Waals surface area contributed by atoms with Gasteiger partial charge in [-0.2, -0.15) is 5.10 Å². The molecule has 2 aliphatic rings. The van der Waals surface area contributed by atoms with Crippen LogP contribution in [0.2, 0.25) is 0 Å². The monoisotopic (exact) mass is 294 g/mol. The molecular formula is C14H22N4O3. The number of amides is 1. The van der Waals surface area contributed by atoms with Gasteiger partial charge >= 0.3 is 0 Å². The van der Waals surface area contributed by atoms with Gasteiger partial charge in [0.1, 0.15) is 6.54 Å². The molecule has 3 heterocycles. The van der Waals surface area contributed by atoms with Crippen LogP contribution in [0.4, 0.5) is 5.69 Å². The Labute approximate surface area is 124 Å². The molecule has 7 nitrogen and oxygen atoms in total. The van der Waals surface area contributed by atoms with Crippen molar-refractivity contribution in [3.8, 4) is 0 Å². The van der Waals surface area contributed by atoms with Crippen molar-refractivity contribution in [1.82, 2.24) is 14.7 Å². The Hall–Kier alpha value is -1.60. The molecule has 2 saturated heterocycles. The Morgan fingerprint density at radius 1 is 1.38 bits per heavy atom. The summed E-state index contributed by atoms with van der Waals surface area (Å²) in [6.07, 6.45) is 1.74. The fraction of sp³-hybridized carbons (Fsp3) is 0.714. The highest BCUT2D eigenvalue weighted by Gasteiger charge is 2.42. The summed E-state index contributed by atoms with van der Waals surface area (Å²) in [4.78, 5) is 14.3.